The molecule has 266 valence electrons. The Morgan fingerprint density at radius 2 is 0.674 bits per heavy atom. The molecule has 0 unspecified atom stereocenters. The minimum absolute atomic E-state index is 0.00124. The molecule has 0 saturated heterocycles. The fourth-order valence-electron chi connectivity index (χ4n) is 3.53. The number of esters is 6. The van der Waals surface area contributed by atoms with Crippen molar-refractivity contribution in [2.45, 2.75) is 72.1 Å². The summed E-state index contributed by atoms with van der Waals surface area (Å²) in [6.45, 7) is 2.56. The van der Waals surface area contributed by atoms with E-state index >= 15 is 0 Å². The molecule has 0 spiro atoms. The number of carbonyl (C=O) groups is 6. The largest absolute Gasteiger partial charge is 0.465 e. The number of carbonyl (C=O) groups excluding carboxylic acids is 6. The monoisotopic (exact) mass is 714 g/mol. The van der Waals surface area contributed by atoms with Crippen LogP contribution in [0.25, 0.3) is 0 Å². The Labute approximate surface area is 288 Å². The van der Waals surface area contributed by atoms with Crippen LogP contribution in [0.5, 0.6) is 0 Å². The van der Waals surface area contributed by atoms with Gasteiger partial charge in [0.15, 0.2) is 0 Å². The van der Waals surface area contributed by atoms with E-state index in [1.54, 1.807) is 20.8 Å². The molecule has 0 bridgehead atoms. The first-order valence-electron chi connectivity index (χ1n) is 15.3. The summed E-state index contributed by atoms with van der Waals surface area (Å²) in [5, 5.41) is 0. The molecular weight excluding hydrogens is 665 g/mol. The van der Waals surface area contributed by atoms with Crippen molar-refractivity contribution in [1.82, 2.24) is 0 Å². The highest BCUT2D eigenvalue weighted by Gasteiger charge is 2.40. The lowest BCUT2D eigenvalue weighted by Gasteiger charge is -2.35. The summed E-state index contributed by atoms with van der Waals surface area (Å²) in [6, 6.07) is 0. The zero-order chi connectivity index (χ0) is 34.8. The van der Waals surface area contributed by atoms with Gasteiger partial charge in [-0.1, -0.05) is 20.8 Å². The zero-order valence-corrected chi connectivity index (χ0v) is 29.8. The van der Waals surface area contributed by atoms with Crippen molar-refractivity contribution in [2.75, 3.05) is 70.1 Å². The van der Waals surface area contributed by atoms with Crippen molar-refractivity contribution in [3.63, 3.8) is 0 Å². The molecule has 0 heterocycles. The molecule has 16 heteroatoms. The van der Waals surface area contributed by atoms with E-state index in [0.717, 1.165) is 0 Å². The molecule has 0 radical (unpaired) electrons. The van der Waals surface area contributed by atoms with Crippen molar-refractivity contribution in [3.8, 4) is 0 Å². The summed E-state index contributed by atoms with van der Waals surface area (Å²) in [4.78, 5) is 73.7. The number of thiol groups is 3. The minimum Gasteiger partial charge on any atom is -0.465 e. The summed E-state index contributed by atoms with van der Waals surface area (Å²) < 4.78 is 38.8. The summed E-state index contributed by atoms with van der Waals surface area (Å²) in [5.74, 6) is -2.63. The average molecular weight is 715 g/mol. The minimum atomic E-state index is -1.37. The summed E-state index contributed by atoms with van der Waals surface area (Å²) in [7, 11) is 0. The third kappa shape index (κ3) is 20.1. The highest BCUT2D eigenvalue weighted by atomic mass is 32.1. The van der Waals surface area contributed by atoms with Gasteiger partial charge in [-0.15, -0.1) is 0 Å². The predicted molar refractivity (Wildman–Crippen MR) is 177 cm³/mol. The second-order valence-corrected chi connectivity index (χ2v) is 12.1. The molecule has 0 aliphatic carbocycles. The molecule has 0 aliphatic rings. The molecule has 0 aromatic heterocycles. The Hall–Kier alpha value is -2.17. The van der Waals surface area contributed by atoms with Crippen LogP contribution in [0, 0.1) is 10.8 Å². The van der Waals surface area contributed by atoms with Gasteiger partial charge in [-0.3, -0.25) is 28.8 Å². The number of ether oxygens (including phenoxy) is 7. The Balaban J connectivity index is 6.41. The van der Waals surface area contributed by atoms with E-state index < -0.39 is 46.6 Å². The molecule has 0 fully saturated rings. The number of rotatable bonds is 27. The third-order valence-corrected chi connectivity index (χ3v) is 6.87. The van der Waals surface area contributed by atoms with E-state index in [1.807, 2.05) is 0 Å². The van der Waals surface area contributed by atoms with Gasteiger partial charge in [0.2, 0.25) is 0 Å². The quantitative estimate of drug-likeness (QED) is 0.0646. The smallest absolute Gasteiger partial charge is 0.306 e. The van der Waals surface area contributed by atoms with Crippen LogP contribution in [-0.2, 0) is 61.9 Å². The molecule has 13 nitrogen and oxygen atoms in total. The molecule has 0 atom stereocenters. The maximum Gasteiger partial charge on any atom is 0.306 e. The van der Waals surface area contributed by atoms with Crippen molar-refractivity contribution >= 4 is 73.7 Å². The zero-order valence-electron chi connectivity index (χ0n) is 27.1. The topological polar surface area (TPSA) is 167 Å². The highest BCUT2D eigenvalue weighted by Crippen LogP contribution is 2.26. The highest BCUT2D eigenvalue weighted by molar-refractivity contribution is 7.80. The first kappa shape index (κ1) is 43.8. The van der Waals surface area contributed by atoms with Gasteiger partial charge in [0, 0.05) is 36.5 Å². The third-order valence-electron chi connectivity index (χ3n) is 6.20. The molecule has 0 aromatic rings. The summed E-state index contributed by atoms with van der Waals surface area (Å²) >= 11 is 12.1. The number of hydrogen-bond acceptors (Lipinski definition) is 16. The fraction of sp³-hybridized carbons (Fsp3) is 0.800. The summed E-state index contributed by atoms with van der Waals surface area (Å²) in [6.07, 6.45) is 1.39. The van der Waals surface area contributed by atoms with E-state index in [9.17, 15) is 28.8 Å². The van der Waals surface area contributed by atoms with Crippen molar-refractivity contribution in [1.29, 1.82) is 0 Å². The van der Waals surface area contributed by atoms with E-state index in [-0.39, 0.29) is 109 Å². The maximum absolute atomic E-state index is 12.3. The van der Waals surface area contributed by atoms with Gasteiger partial charge in [-0.25, -0.2) is 0 Å². The van der Waals surface area contributed by atoms with Gasteiger partial charge in [-0.05, 0) is 12.8 Å². The first-order valence-corrected chi connectivity index (χ1v) is 17.2. The van der Waals surface area contributed by atoms with E-state index in [4.69, 9.17) is 33.2 Å². The van der Waals surface area contributed by atoms with Crippen LogP contribution in [0.15, 0.2) is 0 Å². The van der Waals surface area contributed by atoms with Crippen LogP contribution in [0.4, 0.5) is 0 Å². The van der Waals surface area contributed by atoms with Gasteiger partial charge in [0.05, 0.1) is 43.3 Å². The van der Waals surface area contributed by atoms with Crippen molar-refractivity contribution in [2.24, 2.45) is 10.8 Å². The molecule has 0 N–H and O–H groups in total. The van der Waals surface area contributed by atoms with Gasteiger partial charge >= 0.3 is 35.8 Å². The maximum atomic E-state index is 12.3. The Morgan fingerprint density at radius 3 is 0.913 bits per heavy atom. The molecular formula is C30H50O13S3. The fourth-order valence-corrected chi connectivity index (χ4v) is 4.08. The van der Waals surface area contributed by atoms with Gasteiger partial charge in [-0.2, -0.15) is 37.9 Å². The van der Waals surface area contributed by atoms with Crippen molar-refractivity contribution < 1.29 is 61.9 Å². The second kappa shape index (κ2) is 25.9. The van der Waals surface area contributed by atoms with E-state index in [2.05, 4.69) is 37.9 Å². The molecule has 46 heavy (non-hydrogen) atoms. The normalized spacial score (nSPS) is 11.3. The lowest BCUT2D eigenvalue weighted by Crippen LogP contribution is -2.47. The number of hydrogen-bond donors (Lipinski definition) is 3. The Morgan fingerprint density at radius 1 is 0.413 bits per heavy atom. The standard InChI is InChI=1S/C30H50O13S3/c1-4-7-24(32)39-18-30(19-40-25(33)8-5-2,22-43-28(36)11-14-46)16-37-15-29(17-38-23(31)6-3,20-41-26(34)9-12-44)21-42-27(35)10-13-45/h44-46H,4-22H2,1-3H3. The SMILES string of the molecule is CCCC(=O)OCC(COCC(COC(=O)CC)(COC(=O)CCS)COC(=O)CCS)(COC(=O)CCC)COC(=O)CCS. The average Bonchev–Trinajstić information content (AvgIpc) is 3.02. The van der Waals surface area contributed by atoms with Gasteiger partial charge in [0.1, 0.15) is 39.6 Å². The van der Waals surface area contributed by atoms with E-state index in [1.165, 1.54) is 0 Å². The van der Waals surface area contributed by atoms with E-state index in [0.29, 0.717) is 12.8 Å². The predicted octanol–water partition coefficient (Wildman–Crippen LogP) is 3.20. The molecule has 0 amide bonds. The van der Waals surface area contributed by atoms with Crippen molar-refractivity contribution in [3.05, 3.63) is 0 Å². The van der Waals surface area contributed by atoms with Crippen LogP contribution in [0.2, 0.25) is 0 Å². The van der Waals surface area contributed by atoms with Crippen LogP contribution < -0.4 is 0 Å². The lowest BCUT2D eigenvalue weighted by molar-refractivity contribution is -0.175. The molecule has 0 rings (SSSR count). The van der Waals surface area contributed by atoms with Gasteiger partial charge in [0.25, 0.3) is 0 Å². The Kier molecular flexibility index (Phi) is 24.6. The molecule has 0 aromatic carbocycles. The second-order valence-electron chi connectivity index (χ2n) is 10.7. The van der Waals surface area contributed by atoms with Gasteiger partial charge < -0.3 is 33.2 Å². The van der Waals surface area contributed by atoms with Crippen LogP contribution in [0.3, 0.4) is 0 Å². The van der Waals surface area contributed by atoms with Crippen LogP contribution >= 0.6 is 37.9 Å². The van der Waals surface area contributed by atoms with Crippen LogP contribution in [-0.4, -0.2) is 106 Å². The molecule has 0 aliphatic heterocycles. The molecule has 0 saturated carbocycles. The first-order chi connectivity index (χ1) is 21.9. The van der Waals surface area contributed by atoms with Crippen LogP contribution in [0.1, 0.15) is 72.1 Å². The summed E-state index contributed by atoms with van der Waals surface area (Å²) in [5.41, 5.74) is -2.72. The lowest BCUT2D eigenvalue weighted by atomic mass is 9.90. The Bertz CT molecular complexity index is 868.